The molecule has 3 rings (SSSR count). The van der Waals surface area contributed by atoms with E-state index in [-0.39, 0.29) is 0 Å². The van der Waals surface area contributed by atoms with Gasteiger partial charge in [-0.15, -0.1) is 0 Å². The topological polar surface area (TPSA) is 6.48 Å². The molecule has 0 amide bonds. The lowest BCUT2D eigenvalue weighted by Crippen LogP contribution is -2.44. The summed E-state index contributed by atoms with van der Waals surface area (Å²) in [6.45, 7) is 12.1. The molecule has 0 atom stereocenters. The quantitative estimate of drug-likeness (QED) is 0.849. The van der Waals surface area contributed by atoms with Crippen molar-refractivity contribution in [2.75, 3.05) is 26.2 Å². The molecule has 22 heavy (non-hydrogen) atoms. The lowest BCUT2D eigenvalue weighted by molar-refractivity contribution is 0.152. The van der Waals surface area contributed by atoms with Crippen LogP contribution in [0.25, 0.3) is 0 Å². The van der Waals surface area contributed by atoms with Gasteiger partial charge in [0, 0.05) is 32.7 Å². The first-order chi connectivity index (χ1) is 10.7. The van der Waals surface area contributed by atoms with Crippen molar-refractivity contribution in [1.82, 2.24) is 9.80 Å². The lowest BCUT2D eigenvalue weighted by Gasteiger charge is -2.34. The Morgan fingerprint density at radius 2 is 1.32 bits per heavy atom. The molecule has 2 nitrogen and oxygen atoms in total. The smallest absolute Gasteiger partial charge is 0.0546 e. The van der Waals surface area contributed by atoms with Gasteiger partial charge in [-0.3, -0.25) is 9.80 Å². The first-order valence-corrected chi connectivity index (χ1v) is 8.12. The largest absolute Gasteiger partial charge is 0.297 e. The third kappa shape index (κ3) is 4.19. The van der Waals surface area contributed by atoms with Gasteiger partial charge in [-0.2, -0.15) is 0 Å². The van der Waals surface area contributed by atoms with Crippen LogP contribution < -0.4 is 0 Å². The number of hydrogen-bond acceptors (Lipinski definition) is 2. The second-order valence-corrected chi connectivity index (χ2v) is 6.34. The first kappa shape index (κ1) is 15.3. The summed E-state index contributed by atoms with van der Waals surface area (Å²) in [5, 5.41) is 0. The minimum Gasteiger partial charge on any atom is -0.297 e. The number of piperazine rings is 1. The van der Waals surface area contributed by atoms with Gasteiger partial charge in [-0.05, 0) is 25.0 Å². The molecule has 1 aliphatic heterocycles. The monoisotopic (exact) mass is 293 g/mol. The fraction of sp³-hybridized carbons (Fsp3) is 0.350. The molecule has 0 spiro atoms. The third-order valence-electron chi connectivity index (χ3n) is 4.34. The van der Waals surface area contributed by atoms with E-state index in [1.54, 1.807) is 0 Å². The maximum atomic E-state index is 2.55. The molecule has 1 saturated heterocycles. The molecule has 1 aliphatic rings. The maximum Gasteiger partial charge on any atom is 0.0546 e. The van der Waals surface area contributed by atoms with Crippen molar-refractivity contribution < 1.29 is 0 Å². The Labute approximate surface area is 134 Å². The normalized spacial score (nSPS) is 16.8. The molecule has 115 valence electrons. The summed E-state index contributed by atoms with van der Waals surface area (Å²) in [7, 11) is 0. The SMILES string of the molecule is Cc1ccc([CH]N2CCN(Cc3ccc(C)cc3)CC2)cc1. The Morgan fingerprint density at radius 1 is 0.773 bits per heavy atom. The Kier molecular flexibility index (Phi) is 4.91. The van der Waals surface area contributed by atoms with E-state index >= 15 is 0 Å². The van der Waals surface area contributed by atoms with Gasteiger partial charge in [-0.1, -0.05) is 59.7 Å². The lowest BCUT2D eigenvalue weighted by atomic mass is 10.1. The summed E-state index contributed by atoms with van der Waals surface area (Å²) in [6, 6.07) is 17.7. The molecule has 0 saturated carbocycles. The van der Waals surface area contributed by atoms with Crippen molar-refractivity contribution >= 4 is 0 Å². The highest BCUT2D eigenvalue weighted by Gasteiger charge is 2.17. The van der Waals surface area contributed by atoms with Crippen LogP contribution in [0.5, 0.6) is 0 Å². The van der Waals surface area contributed by atoms with Gasteiger partial charge in [0.25, 0.3) is 0 Å². The molecule has 0 bridgehead atoms. The molecule has 2 aromatic rings. The van der Waals surface area contributed by atoms with Crippen LogP contribution in [0.15, 0.2) is 48.5 Å². The number of benzene rings is 2. The highest BCUT2D eigenvalue weighted by Crippen LogP contribution is 2.14. The van der Waals surface area contributed by atoms with E-state index in [1.165, 1.54) is 22.3 Å². The standard InChI is InChI=1S/C20H25N2/c1-17-3-7-19(8-4-17)15-21-11-13-22(14-12-21)16-20-9-5-18(2)6-10-20/h3-10,15H,11-14,16H2,1-2H3. The molecule has 1 heterocycles. The molecular formula is C20H25N2. The summed E-state index contributed by atoms with van der Waals surface area (Å²) >= 11 is 0. The van der Waals surface area contributed by atoms with E-state index < -0.39 is 0 Å². The second kappa shape index (κ2) is 7.08. The summed E-state index contributed by atoms with van der Waals surface area (Å²) in [5.41, 5.74) is 5.38. The molecule has 0 aliphatic carbocycles. The van der Waals surface area contributed by atoms with Crippen molar-refractivity contribution in [2.45, 2.75) is 20.4 Å². The second-order valence-electron chi connectivity index (χ2n) is 6.34. The van der Waals surface area contributed by atoms with E-state index in [2.05, 4.69) is 78.7 Å². The zero-order chi connectivity index (χ0) is 15.4. The van der Waals surface area contributed by atoms with Crippen LogP contribution in [-0.2, 0) is 6.54 Å². The molecule has 1 radical (unpaired) electrons. The van der Waals surface area contributed by atoms with Crippen LogP contribution in [0, 0.1) is 20.4 Å². The van der Waals surface area contributed by atoms with Crippen LogP contribution >= 0.6 is 0 Å². The summed E-state index contributed by atoms with van der Waals surface area (Å²) in [6.07, 6.45) is 0. The maximum absolute atomic E-state index is 2.55. The molecule has 0 N–H and O–H groups in total. The van der Waals surface area contributed by atoms with Gasteiger partial charge in [0.2, 0.25) is 0 Å². The molecule has 2 heteroatoms. The Morgan fingerprint density at radius 3 is 1.91 bits per heavy atom. The average Bonchev–Trinajstić information content (AvgIpc) is 2.54. The van der Waals surface area contributed by atoms with Crippen LogP contribution in [0.2, 0.25) is 0 Å². The number of hydrogen-bond donors (Lipinski definition) is 0. The summed E-state index contributed by atoms with van der Waals surface area (Å²) in [4.78, 5) is 4.99. The van der Waals surface area contributed by atoms with Crippen molar-refractivity contribution in [3.05, 3.63) is 77.3 Å². The number of rotatable bonds is 4. The van der Waals surface area contributed by atoms with Crippen molar-refractivity contribution in [3.63, 3.8) is 0 Å². The molecule has 2 aromatic carbocycles. The zero-order valence-corrected chi connectivity index (χ0v) is 13.6. The Bertz CT molecular complexity index is 523. The van der Waals surface area contributed by atoms with Gasteiger partial charge in [0.1, 0.15) is 0 Å². The average molecular weight is 293 g/mol. The van der Waals surface area contributed by atoms with Crippen LogP contribution in [0.1, 0.15) is 22.3 Å². The first-order valence-electron chi connectivity index (χ1n) is 8.12. The van der Waals surface area contributed by atoms with Crippen molar-refractivity contribution in [3.8, 4) is 0 Å². The summed E-state index contributed by atoms with van der Waals surface area (Å²) in [5.74, 6) is 0. The Hall–Kier alpha value is -1.64. The van der Waals surface area contributed by atoms with Gasteiger partial charge < -0.3 is 0 Å². The predicted octanol–water partition coefficient (Wildman–Crippen LogP) is 3.63. The van der Waals surface area contributed by atoms with Gasteiger partial charge in [-0.25, -0.2) is 0 Å². The number of aryl methyl sites for hydroxylation is 2. The van der Waals surface area contributed by atoms with Crippen LogP contribution in [-0.4, -0.2) is 36.0 Å². The molecular weight excluding hydrogens is 268 g/mol. The van der Waals surface area contributed by atoms with E-state index in [0.29, 0.717) is 0 Å². The summed E-state index contributed by atoms with van der Waals surface area (Å²) < 4.78 is 0. The minimum atomic E-state index is 1.07. The fourth-order valence-corrected chi connectivity index (χ4v) is 2.87. The minimum absolute atomic E-state index is 1.07. The van der Waals surface area contributed by atoms with Gasteiger partial charge >= 0.3 is 0 Å². The van der Waals surface area contributed by atoms with Gasteiger partial charge in [0.05, 0.1) is 6.54 Å². The fourth-order valence-electron chi connectivity index (χ4n) is 2.87. The van der Waals surface area contributed by atoms with Crippen molar-refractivity contribution in [1.29, 1.82) is 0 Å². The molecule has 0 aromatic heterocycles. The third-order valence-corrected chi connectivity index (χ3v) is 4.34. The van der Waals surface area contributed by atoms with Gasteiger partial charge in [0.15, 0.2) is 0 Å². The highest BCUT2D eigenvalue weighted by atomic mass is 15.3. The van der Waals surface area contributed by atoms with E-state index in [9.17, 15) is 0 Å². The van der Waals surface area contributed by atoms with E-state index in [4.69, 9.17) is 0 Å². The van der Waals surface area contributed by atoms with E-state index in [1.807, 2.05) is 0 Å². The van der Waals surface area contributed by atoms with Crippen LogP contribution in [0.3, 0.4) is 0 Å². The van der Waals surface area contributed by atoms with E-state index in [0.717, 1.165) is 32.7 Å². The van der Waals surface area contributed by atoms with Crippen molar-refractivity contribution in [2.24, 2.45) is 0 Å². The molecule has 1 fully saturated rings. The highest BCUT2D eigenvalue weighted by molar-refractivity contribution is 5.26. The number of nitrogens with zero attached hydrogens (tertiary/aromatic N) is 2. The Balaban J connectivity index is 1.47. The molecule has 0 unspecified atom stereocenters. The zero-order valence-electron chi connectivity index (χ0n) is 13.6. The van der Waals surface area contributed by atoms with Crippen LogP contribution in [0.4, 0.5) is 0 Å². The predicted molar refractivity (Wildman–Crippen MR) is 92.6 cm³/mol.